The highest BCUT2D eigenvalue weighted by atomic mass is 79.9. The number of carbonyl (C=O) groups excluding carboxylic acids is 2. The predicted molar refractivity (Wildman–Crippen MR) is 153 cm³/mol. The SMILES string of the molecule is CCCCN(Cc1cccn1Cc1ccc(Br)cc1)C(=O)CN(CCCOC)C(=O)c1cccc([N+](=O)[O-])c1. The summed E-state index contributed by atoms with van der Waals surface area (Å²) in [6, 6.07) is 17.7. The number of halogens is 1. The van der Waals surface area contributed by atoms with E-state index in [4.69, 9.17) is 4.74 Å². The van der Waals surface area contributed by atoms with Gasteiger partial charge in [0.05, 0.1) is 11.5 Å². The van der Waals surface area contributed by atoms with Crippen LogP contribution in [0.4, 0.5) is 5.69 Å². The van der Waals surface area contributed by atoms with Crippen LogP contribution in [0.3, 0.4) is 0 Å². The molecular weight excluding hydrogens is 564 g/mol. The molecule has 0 saturated carbocycles. The first-order valence-corrected chi connectivity index (χ1v) is 13.8. The lowest BCUT2D eigenvalue weighted by atomic mass is 10.1. The molecule has 0 unspecified atom stereocenters. The van der Waals surface area contributed by atoms with E-state index in [2.05, 4.69) is 39.6 Å². The van der Waals surface area contributed by atoms with Gasteiger partial charge < -0.3 is 19.1 Å². The van der Waals surface area contributed by atoms with E-state index < -0.39 is 10.8 Å². The second kappa shape index (κ2) is 15.2. The van der Waals surface area contributed by atoms with Crippen molar-refractivity contribution in [1.29, 1.82) is 0 Å². The summed E-state index contributed by atoms with van der Waals surface area (Å²) in [6.07, 6.45) is 4.30. The van der Waals surface area contributed by atoms with E-state index >= 15 is 0 Å². The summed E-state index contributed by atoms with van der Waals surface area (Å²) >= 11 is 3.47. The zero-order chi connectivity index (χ0) is 28.2. The fraction of sp³-hybridized carbons (Fsp3) is 0.379. The van der Waals surface area contributed by atoms with Gasteiger partial charge in [-0.25, -0.2) is 0 Å². The Hall–Kier alpha value is -3.50. The summed E-state index contributed by atoms with van der Waals surface area (Å²) in [7, 11) is 1.58. The first-order chi connectivity index (χ1) is 18.8. The molecule has 0 aliphatic carbocycles. The normalized spacial score (nSPS) is 10.8. The standard InChI is InChI=1S/C29H35BrN4O5/c1-3-4-15-32(21-27-10-6-16-31(27)20-23-11-13-25(30)14-12-23)28(35)22-33(17-7-18-39-2)29(36)24-8-5-9-26(19-24)34(37)38/h5-6,8-14,16,19H,3-4,7,15,17-18,20-22H2,1-2H3. The summed E-state index contributed by atoms with van der Waals surface area (Å²) in [5.74, 6) is -0.590. The van der Waals surface area contributed by atoms with Crippen molar-refractivity contribution in [1.82, 2.24) is 14.4 Å². The van der Waals surface area contributed by atoms with Crippen LogP contribution >= 0.6 is 15.9 Å². The van der Waals surface area contributed by atoms with Crippen molar-refractivity contribution in [2.24, 2.45) is 0 Å². The topological polar surface area (TPSA) is 97.9 Å². The average Bonchev–Trinajstić information content (AvgIpc) is 3.37. The zero-order valence-corrected chi connectivity index (χ0v) is 24.0. The number of hydrogen-bond acceptors (Lipinski definition) is 5. The van der Waals surface area contributed by atoms with Gasteiger partial charge in [0.1, 0.15) is 6.54 Å². The number of amides is 2. The van der Waals surface area contributed by atoms with Crippen molar-refractivity contribution in [3.8, 4) is 0 Å². The maximum absolute atomic E-state index is 13.6. The monoisotopic (exact) mass is 598 g/mol. The molecule has 2 aromatic carbocycles. The molecule has 1 heterocycles. The van der Waals surface area contributed by atoms with Gasteiger partial charge in [-0.15, -0.1) is 0 Å². The van der Waals surface area contributed by atoms with Gasteiger partial charge in [-0.2, -0.15) is 0 Å². The number of carbonyl (C=O) groups is 2. The van der Waals surface area contributed by atoms with E-state index in [1.54, 1.807) is 12.0 Å². The average molecular weight is 600 g/mol. The molecular formula is C29H35BrN4O5. The first-order valence-electron chi connectivity index (χ1n) is 13.0. The number of nitro benzene ring substituents is 1. The van der Waals surface area contributed by atoms with Crippen molar-refractivity contribution in [3.63, 3.8) is 0 Å². The minimum atomic E-state index is -0.535. The minimum Gasteiger partial charge on any atom is -0.385 e. The largest absolute Gasteiger partial charge is 0.385 e. The van der Waals surface area contributed by atoms with Gasteiger partial charge in [-0.3, -0.25) is 19.7 Å². The third-order valence-corrected chi connectivity index (χ3v) is 6.90. The Bertz CT molecular complexity index is 1240. The maximum Gasteiger partial charge on any atom is 0.270 e. The van der Waals surface area contributed by atoms with Gasteiger partial charge in [0.15, 0.2) is 0 Å². The highest BCUT2D eigenvalue weighted by Crippen LogP contribution is 2.17. The minimum absolute atomic E-state index is 0.123. The van der Waals surface area contributed by atoms with Crippen molar-refractivity contribution in [3.05, 3.63) is 98.3 Å². The lowest BCUT2D eigenvalue weighted by Gasteiger charge is -2.28. The summed E-state index contributed by atoms with van der Waals surface area (Å²) < 4.78 is 8.29. The zero-order valence-electron chi connectivity index (χ0n) is 22.4. The highest BCUT2D eigenvalue weighted by molar-refractivity contribution is 9.10. The van der Waals surface area contributed by atoms with E-state index in [1.807, 2.05) is 30.5 Å². The van der Waals surface area contributed by atoms with Crippen LogP contribution in [0, 0.1) is 10.1 Å². The molecule has 0 fully saturated rings. The number of nitro groups is 1. The molecule has 0 radical (unpaired) electrons. The number of non-ortho nitro benzene ring substituents is 1. The van der Waals surface area contributed by atoms with E-state index in [0.29, 0.717) is 39.2 Å². The fourth-order valence-corrected chi connectivity index (χ4v) is 4.49. The Morgan fingerprint density at radius 3 is 2.46 bits per heavy atom. The number of hydrogen-bond donors (Lipinski definition) is 0. The number of benzene rings is 2. The van der Waals surface area contributed by atoms with Crippen LogP contribution in [0.1, 0.15) is 47.8 Å². The third-order valence-electron chi connectivity index (χ3n) is 6.37. The van der Waals surface area contributed by atoms with Crippen LogP contribution in [0.25, 0.3) is 0 Å². The van der Waals surface area contributed by atoms with Crippen molar-refractivity contribution < 1.29 is 19.2 Å². The molecule has 9 nitrogen and oxygen atoms in total. The Labute approximate surface area is 237 Å². The van der Waals surface area contributed by atoms with Gasteiger partial charge >= 0.3 is 0 Å². The number of ether oxygens (including phenoxy) is 1. The molecule has 0 aliphatic heterocycles. The predicted octanol–water partition coefficient (Wildman–Crippen LogP) is 5.51. The first kappa shape index (κ1) is 30.0. The number of rotatable bonds is 15. The summed E-state index contributed by atoms with van der Waals surface area (Å²) in [4.78, 5) is 40.9. The molecule has 39 heavy (non-hydrogen) atoms. The molecule has 3 rings (SSSR count). The molecule has 10 heteroatoms. The van der Waals surface area contributed by atoms with Gasteiger partial charge in [-0.1, -0.05) is 47.5 Å². The molecule has 0 bridgehead atoms. The van der Waals surface area contributed by atoms with Crippen LogP contribution in [0.5, 0.6) is 0 Å². The van der Waals surface area contributed by atoms with Gasteiger partial charge in [-0.05, 0) is 48.7 Å². The summed E-state index contributed by atoms with van der Waals surface area (Å²) in [5.41, 5.74) is 2.16. The van der Waals surface area contributed by atoms with Crippen LogP contribution < -0.4 is 0 Å². The number of methoxy groups -OCH3 is 1. The summed E-state index contributed by atoms with van der Waals surface area (Å²) in [6.45, 7) is 4.33. The molecule has 0 N–H and O–H groups in total. The third kappa shape index (κ3) is 9.04. The molecule has 0 spiro atoms. The van der Waals surface area contributed by atoms with Crippen molar-refractivity contribution in [2.45, 2.75) is 39.3 Å². The molecule has 1 aromatic heterocycles. The summed E-state index contributed by atoms with van der Waals surface area (Å²) in [5, 5.41) is 11.2. The van der Waals surface area contributed by atoms with Gasteiger partial charge in [0, 0.05) is 67.4 Å². The molecule has 2 amide bonds. The molecule has 0 aliphatic rings. The molecule has 0 atom stereocenters. The Morgan fingerprint density at radius 1 is 1.03 bits per heavy atom. The van der Waals surface area contributed by atoms with Gasteiger partial charge in [0.2, 0.25) is 5.91 Å². The lowest BCUT2D eigenvalue weighted by Crippen LogP contribution is -2.43. The molecule has 0 saturated heterocycles. The molecule has 3 aromatic rings. The van der Waals surface area contributed by atoms with E-state index in [-0.39, 0.29) is 23.7 Å². The highest BCUT2D eigenvalue weighted by Gasteiger charge is 2.24. The second-order valence-electron chi connectivity index (χ2n) is 9.30. The van der Waals surface area contributed by atoms with E-state index in [9.17, 15) is 19.7 Å². The van der Waals surface area contributed by atoms with E-state index in [0.717, 1.165) is 28.6 Å². The molecule has 208 valence electrons. The van der Waals surface area contributed by atoms with Crippen molar-refractivity contribution in [2.75, 3.05) is 33.4 Å². The van der Waals surface area contributed by atoms with Gasteiger partial charge in [0.25, 0.3) is 11.6 Å². The lowest BCUT2D eigenvalue weighted by molar-refractivity contribution is -0.384. The quantitative estimate of drug-likeness (QED) is 0.130. The van der Waals surface area contributed by atoms with Crippen LogP contribution in [-0.4, -0.2) is 64.5 Å². The van der Waals surface area contributed by atoms with Crippen LogP contribution in [0.2, 0.25) is 0 Å². The Kier molecular flexibility index (Phi) is 11.7. The number of unbranched alkanes of at least 4 members (excludes halogenated alkanes) is 1. The smallest absolute Gasteiger partial charge is 0.270 e. The maximum atomic E-state index is 13.6. The Morgan fingerprint density at radius 2 is 1.77 bits per heavy atom. The van der Waals surface area contributed by atoms with E-state index in [1.165, 1.54) is 29.2 Å². The second-order valence-corrected chi connectivity index (χ2v) is 10.2. The van der Waals surface area contributed by atoms with Crippen molar-refractivity contribution >= 4 is 33.4 Å². The fourth-order valence-electron chi connectivity index (χ4n) is 4.22. The number of aromatic nitrogens is 1. The van der Waals surface area contributed by atoms with Crippen LogP contribution in [-0.2, 0) is 22.6 Å². The van der Waals surface area contributed by atoms with Crippen LogP contribution in [0.15, 0.2) is 71.3 Å². The Balaban J connectivity index is 1.78. The number of nitrogens with zero attached hydrogens (tertiary/aromatic N) is 4.